The van der Waals surface area contributed by atoms with Crippen LogP contribution in [0.1, 0.15) is 44.1 Å². The van der Waals surface area contributed by atoms with Gasteiger partial charge in [0.2, 0.25) is 5.91 Å². The van der Waals surface area contributed by atoms with Gasteiger partial charge >= 0.3 is 0 Å². The molecule has 7 nitrogen and oxygen atoms in total. The summed E-state index contributed by atoms with van der Waals surface area (Å²) in [5.41, 5.74) is 5.10. The third-order valence-corrected chi connectivity index (χ3v) is 6.51. The van der Waals surface area contributed by atoms with Crippen molar-refractivity contribution in [2.45, 2.75) is 50.2 Å². The first kappa shape index (κ1) is 22.0. The van der Waals surface area contributed by atoms with Gasteiger partial charge in [-0.3, -0.25) is 9.69 Å². The molecule has 5 rings (SSSR count). The summed E-state index contributed by atoms with van der Waals surface area (Å²) in [6.45, 7) is 1.09. The number of hydrogen-bond acceptors (Lipinski definition) is 6. The molecule has 170 valence electrons. The molecule has 0 aromatic heterocycles. The largest absolute Gasteiger partial charge is 0.493 e. The summed E-state index contributed by atoms with van der Waals surface area (Å²) in [4.78, 5) is 18.7. The molecule has 2 N–H and O–H groups in total. The summed E-state index contributed by atoms with van der Waals surface area (Å²) in [5, 5.41) is 0. The SMILES string of the molecule is C1CC1.COC1CC(COc2ccc(F)c(C34COCCC3C(=O)N(C)C(N)=N4)c2)C1. The molecule has 8 heteroatoms. The van der Waals surface area contributed by atoms with Crippen molar-refractivity contribution < 1.29 is 23.4 Å². The minimum atomic E-state index is -1.16. The predicted molar refractivity (Wildman–Crippen MR) is 114 cm³/mol. The second kappa shape index (κ2) is 9.12. The fourth-order valence-corrected chi connectivity index (χ4v) is 4.30. The topological polar surface area (TPSA) is 86.4 Å². The van der Waals surface area contributed by atoms with E-state index in [-0.39, 0.29) is 18.5 Å². The summed E-state index contributed by atoms with van der Waals surface area (Å²) < 4.78 is 31.7. The molecule has 2 aliphatic heterocycles. The van der Waals surface area contributed by atoms with Crippen LogP contribution in [0.15, 0.2) is 23.2 Å². The van der Waals surface area contributed by atoms with E-state index in [1.54, 1.807) is 26.3 Å². The molecule has 4 aliphatic rings. The number of nitrogens with two attached hydrogens (primary N) is 1. The van der Waals surface area contributed by atoms with Gasteiger partial charge < -0.3 is 19.9 Å². The molecule has 2 saturated carbocycles. The number of carbonyl (C=O) groups excluding carboxylic acids is 1. The fourth-order valence-electron chi connectivity index (χ4n) is 4.30. The zero-order valence-corrected chi connectivity index (χ0v) is 18.3. The maximum Gasteiger partial charge on any atom is 0.235 e. The van der Waals surface area contributed by atoms with Gasteiger partial charge in [0.1, 0.15) is 17.1 Å². The van der Waals surface area contributed by atoms with Gasteiger partial charge in [-0.1, -0.05) is 19.3 Å². The average molecular weight is 434 g/mol. The summed E-state index contributed by atoms with van der Waals surface area (Å²) in [5.74, 6) is -0.0755. The van der Waals surface area contributed by atoms with Crippen LogP contribution in [-0.4, -0.2) is 56.8 Å². The van der Waals surface area contributed by atoms with E-state index in [9.17, 15) is 9.18 Å². The highest BCUT2D eigenvalue weighted by Crippen LogP contribution is 2.44. The van der Waals surface area contributed by atoms with E-state index >= 15 is 0 Å². The van der Waals surface area contributed by atoms with Crippen LogP contribution in [0.3, 0.4) is 0 Å². The normalized spacial score (nSPS) is 31.6. The molecule has 1 amide bonds. The van der Waals surface area contributed by atoms with Crippen molar-refractivity contribution in [2.24, 2.45) is 22.6 Å². The van der Waals surface area contributed by atoms with E-state index in [0.717, 1.165) is 12.8 Å². The first-order chi connectivity index (χ1) is 14.9. The second-order valence-corrected chi connectivity index (χ2v) is 8.89. The molecular weight excluding hydrogens is 401 g/mol. The molecule has 2 unspecified atom stereocenters. The maximum atomic E-state index is 14.9. The number of fused-ring (bicyclic) bond motifs is 1. The minimum absolute atomic E-state index is 0.0672. The summed E-state index contributed by atoms with van der Waals surface area (Å²) >= 11 is 0. The Balaban J connectivity index is 0.000000710. The van der Waals surface area contributed by atoms with Gasteiger partial charge in [0.25, 0.3) is 0 Å². The van der Waals surface area contributed by atoms with Crippen LogP contribution >= 0.6 is 0 Å². The number of halogens is 1. The summed E-state index contributed by atoms with van der Waals surface area (Å²) in [6.07, 6.45) is 7.20. The Morgan fingerprint density at radius 3 is 2.74 bits per heavy atom. The van der Waals surface area contributed by atoms with E-state index < -0.39 is 17.3 Å². The quantitative estimate of drug-likeness (QED) is 0.772. The molecule has 1 aromatic rings. The molecule has 0 bridgehead atoms. The Morgan fingerprint density at radius 1 is 1.32 bits per heavy atom. The van der Waals surface area contributed by atoms with Crippen LogP contribution in [0, 0.1) is 17.7 Å². The highest BCUT2D eigenvalue weighted by Gasteiger charge is 2.52. The summed E-state index contributed by atoms with van der Waals surface area (Å²) in [6, 6.07) is 4.60. The van der Waals surface area contributed by atoms with E-state index in [1.807, 2.05) is 0 Å². The van der Waals surface area contributed by atoms with Gasteiger partial charge in [-0.05, 0) is 43.4 Å². The lowest BCUT2D eigenvalue weighted by Gasteiger charge is -2.45. The number of aliphatic imine (C=N–C) groups is 1. The second-order valence-electron chi connectivity index (χ2n) is 8.89. The Hall–Kier alpha value is -2.19. The number of amides is 1. The van der Waals surface area contributed by atoms with Crippen LogP contribution in [0.25, 0.3) is 0 Å². The highest BCUT2D eigenvalue weighted by atomic mass is 19.1. The average Bonchev–Trinajstić information content (AvgIpc) is 3.62. The Morgan fingerprint density at radius 2 is 2.06 bits per heavy atom. The maximum absolute atomic E-state index is 14.9. The standard InChI is InChI=1S/C20H26FN3O4.C3H6/c1-24-18(25)15-5-6-27-11-20(15,23-19(24)22)16-9-13(3-4-17(16)21)28-10-12-7-14(8-12)26-2;1-2-3-1/h3-4,9,12,14-15H,5-8,10-11H2,1-2H3,(H2,22,23);1-3H2. The molecule has 2 aliphatic carbocycles. The first-order valence-corrected chi connectivity index (χ1v) is 11.1. The van der Waals surface area contributed by atoms with Crippen molar-refractivity contribution in [2.75, 3.05) is 34.0 Å². The predicted octanol–water partition coefficient (Wildman–Crippen LogP) is 2.82. The third kappa shape index (κ3) is 4.55. The van der Waals surface area contributed by atoms with Crippen molar-refractivity contribution in [1.82, 2.24) is 4.90 Å². The van der Waals surface area contributed by atoms with E-state index in [4.69, 9.17) is 19.9 Å². The van der Waals surface area contributed by atoms with Crippen molar-refractivity contribution in [3.8, 4) is 5.75 Å². The lowest BCUT2D eigenvalue weighted by molar-refractivity contribution is -0.140. The number of benzene rings is 1. The zero-order chi connectivity index (χ0) is 22.0. The smallest absolute Gasteiger partial charge is 0.235 e. The molecule has 0 radical (unpaired) electrons. The van der Waals surface area contributed by atoms with Crippen molar-refractivity contribution in [3.63, 3.8) is 0 Å². The number of rotatable bonds is 5. The molecule has 1 aromatic carbocycles. The third-order valence-electron chi connectivity index (χ3n) is 6.51. The van der Waals surface area contributed by atoms with Crippen LogP contribution in [-0.2, 0) is 19.8 Å². The van der Waals surface area contributed by atoms with Crippen LogP contribution in [0.4, 0.5) is 4.39 Å². The molecule has 31 heavy (non-hydrogen) atoms. The lowest BCUT2D eigenvalue weighted by Crippen LogP contribution is -2.58. The van der Waals surface area contributed by atoms with Crippen LogP contribution < -0.4 is 10.5 Å². The van der Waals surface area contributed by atoms with Crippen molar-refractivity contribution in [3.05, 3.63) is 29.6 Å². The number of nitrogens with zero attached hydrogens (tertiary/aromatic N) is 2. The molecule has 2 heterocycles. The fraction of sp³-hybridized carbons (Fsp3) is 0.652. The van der Waals surface area contributed by atoms with E-state index in [0.29, 0.717) is 43.0 Å². The highest BCUT2D eigenvalue weighted by molar-refractivity contribution is 6.00. The molecular formula is C23H32FN3O4. The molecule has 0 spiro atoms. The zero-order valence-electron chi connectivity index (χ0n) is 18.3. The van der Waals surface area contributed by atoms with Crippen LogP contribution in [0.2, 0.25) is 0 Å². The first-order valence-electron chi connectivity index (χ1n) is 11.1. The van der Waals surface area contributed by atoms with Crippen molar-refractivity contribution in [1.29, 1.82) is 0 Å². The number of carbonyl (C=O) groups is 1. The minimum Gasteiger partial charge on any atom is -0.493 e. The van der Waals surface area contributed by atoms with Gasteiger partial charge in [-0.15, -0.1) is 0 Å². The number of hydrogen-bond donors (Lipinski definition) is 1. The molecule has 1 saturated heterocycles. The van der Waals surface area contributed by atoms with E-state index in [1.165, 1.54) is 30.2 Å². The Kier molecular flexibility index (Phi) is 6.48. The Bertz CT molecular complexity index is 837. The number of ether oxygens (including phenoxy) is 3. The van der Waals surface area contributed by atoms with Crippen molar-refractivity contribution >= 4 is 11.9 Å². The van der Waals surface area contributed by atoms with Gasteiger partial charge in [-0.25, -0.2) is 9.38 Å². The number of methoxy groups -OCH3 is 1. The van der Waals surface area contributed by atoms with Gasteiger partial charge in [0.05, 0.1) is 25.2 Å². The van der Waals surface area contributed by atoms with Gasteiger partial charge in [0, 0.05) is 26.3 Å². The Labute approximate surface area is 182 Å². The number of guanidine groups is 1. The summed E-state index contributed by atoms with van der Waals surface area (Å²) in [7, 11) is 3.30. The monoisotopic (exact) mass is 433 g/mol. The lowest BCUT2D eigenvalue weighted by atomic mass is 9.74. The van der Waals surface area contributed by atoms with Gasteiger partial charge in [0.15, 0.2) is 5.96 Å². The van der Waals surface area contributed by atoms with E-state index in [2.05, 4.69) is 4.99 Å². The molecule has 3 fully saturated rings. The van der Waals surface area contributed by atoms with Crippen LogP contribution in [0.5, 0.6) is 5.75 Å². The van der Waals surface area contributed by atoms with Gasteiger partial charge in [-0.2, -0.15) is 0 Å². The molecule has 2 atom stereocenters.